The van der Waals surface area contributed by atoms with Crippen molar-refractivity contribution in [3.63, 3.8) is 0 Å². The number of ketones is 1. The van der Waals surface area contributed by atoms with Crippen molar-refractivity contribution in [1.82, 2.24) is 5.32 Å². The first kappa shape index (κ1) is 14.0. The van der Waals surface area contributed by atoms with Crippen LogP contribution in [-0.4, -0.2) is 18.9 Å². The average Bonchev–Trinajstić information content (AvgIpc) is 2.43. The van der Waals surface area contributed by atoms with Crippen LogP contribution in [0.15, 0.2) is 24.3 Å². The van der Waals surface area contributed by atoms with Crippen LogP contribution in [0.3, 0.4) is 0 Å². The molecule has 102 valence electrons. The van der Waals surface area contributed by atoms with E-state index in [9.17, 15) is 4.79 Å². The van der Waals surface area contributed by atoms with Crippen LogP contribution < -0.4 is 5.32 Å². The number of aryl methyl sites for hydroxylation is 1. The van der Waals surface area contributed by atoms with Crippen molar-refractivity contribution in [2.24, 2.45) is 5.92 Å². The van der Waals surface area contributed by atoms with Crippen molar-refractivity contribution in [3.8, 4) is 0 Å². The fourth-order valence-electron chi connectivity index (χ4n) is 2.59. The Bertz CT molecular complexity index is 488. The molecule has 0 aromatic heterocycles. The Morgan fingerprint density at radius 3 is 2.84 bits per heavy atom. The Morgan fingerprint density at radius 2 is 2.16 bits per heavy atom. The lowest BCUT2D eigenvalue weighted by Crippen LogP contribution is -2.38. The number of nitrogens with one attached hydrogen (secondary N) is 1. The third kappa shape index (κ3) is 3.32. The van der Waals surface area contributed by atoms with Crippen LogP contribution in [0, 0.1) is 5.92 Å². The largest absolute Gasteiger partial charge is 0.310 e. The van der Waals surface area contributed by atoms with E-state index in [0.717, 1.165) is 19.3 Å². The molecule has 0 saturated carbocycles. The van der Waals surface area contributed by atoms with Crippen molar-refractivity contribution in [2.75, 3.05) is 7.05 Å². The number of rotatable bonds is 5. The highest BCUT2D eigenvalue weighted by Gasteiger charge is 2.20. The maximum atomic E-state index is 12.1. The maximum absolute atomic E-state index is 12.1. The summed E-state index contributed by atoms with van der Waals surface area (Å²) in [6.45, 7) is 3.92. The zero-order valence-corrected chi connectivity index (χ0v) is 12.1. The Morgan fingerprint density at radius 1 is 1.37 bits per heavy atom. The highest BCUT2D eigenvalue weighted by Crippen LogP contribution is 2.21. The van der Waals surface area contributed by atoms with Crippen LogP contribution in [0.5, 0.6) is 0 Å². The molecule has 0 heterocycles. The lowest BCUT2D eigenvalue weighted by atomic mass is 9.91. The fraction of sp³-hybridized carbons (Fsp3) is 0.471. The Hall–Kier alpha value is -1.41. The van der Waals surface area contributed by atoms with Crippen LogP contribution in [0.1, 0.15) is 37.0 Å². The predicted octanol–water partition coefficient (Wildman–Crippen LogP) is 3.00. The molecule has 0 unspecified atom stereocenters. The van der Waals surface area contributed by atoms with Gasteiger partial charge in [0.05, 0.1) is 6.04 Å². The van der Waals surface area contributed by atoms with E-state index in [0.29, 0.717) is 0 Å². The number of hydrogen-bond acceptors (Lipinski definition) is 2. The summed E-state index contributed by atoms with van der Waals surface area (Å²) in [5, 5.41) is 3.14. The van der Waals surface area contributed by atoms with Gasteiger partial charge in [0, 0.05) is 5.92 Å². The molecular weight excluding hydrogens is 234 g/mol. The van der Waals surface area contributed by atoms with E-state index in [1.54, 1.807) is 0 Å². The van der Waals surface area contributed by atoms with Gasteiger partial charge in [0.1, 0.15) is 0 Å². The fourth-order valence-corrected chi connectivity index (χ4v) is 2.59. The molecule has 1 atom stereocenters. The predicted molar refractivity (Wildman–Crippen MR) is 80.2 cm³/mol. The molecule has 2 rings (SSSR count). The second-order valence-corrected chi connectivity index (χ2v) is 5.58. The Kier molecular flexibility index (Phi) is 4.54. The lowest BCUT2D eigenvalue weighted by Gasteiger charge is -2.18. The molecule has 0 amide bonds. The number of carbonyl (C=O) groups excluding carboxylic acids is 1. The number of allylic oxidation sites excluding steroid dienone is 1. The van der Waals surface area contributed by atoms with Gasteiger partial charge in [-0.1, -0.05) is 44.2 Å². The van der Waals surface area contributed by atoms with Crippen LogP contribution in [0.25, 0.3) is 6.08 Å². The first-order valence-electron chi connectivity index (χ1n) is 7.11. The van der Waals surface area contributed by atoms with E-state index < -0.39 is 0 Å². The van der Waals surface area contributed by atoms with E-state index in [4.69, 9.17) is 0 Å². The SMILES string of the molecule is CN[C@@H](Cc1ccc2c(c1)C=CCC2)C(=O)C(C)C. The number of Topliss-reactive ketones (excluding diaryl/α,β-unsaturated/α-hetero) is 1. The lowest BCUT2D eigenvalue weighted by molar-refractivity contribution is -0.123. The summed E-state index contributed by atoms with van der Waals surface area (Å²) < 4.78 is 0. The highest BCUT2D eigenvalue weighted by atomic mass is 16.1. The first-order chi connectivity index (χ1) is 9.11. The van der Waals surface area contributed by atoms with Crippen LogP contribution >= 0.6 is 0 Å². The minimum absolute atomic E-state index is 0.0781. The summed E-state index contributed by atoms with van der Waals surface area (Å²) >= 11 is 0. The van der Waals surface area contributed by atoms with Crippen molar-refractivity contribution < 1.29 is 4.79 Å². The van der Waals surface area contributed by atoms with E-state index in [-0.39, 0.29) is 17.7 Å². The van der Waals surface area contributed by atoms with Crippen molar-refractivity contribution >= 4 is 11.9 Å². The van der Waals surface area contributed by atoms with E-state index in [1.165, 1.54) is 16.7 Å². The Balaban J connectivity index is 2.15. The monoisotopic (exact) mass is 257 g/mol. The summed E-state index contributed by atoms with van der Waals surface area (Å²) in [6.07, 6.45) is 7.46. The summed E-state index contributed by atoms with van der Waals surface area (Å²) in [7, 11) is 1.86. The molecule has 0 spiro atoms. The third-order valence-corrected chi connectivity index (χ3v) is 3.79. The van der Waals surface area contributed by atoms with Gasteiger partial charge < -0.3 is 5.32 Å². The number of hydrogen-bond donors (Lipinski definition) is 1. The molecular formula is C17H23NO. The van der Waals surface area contributed by atoms with Gasteiger partial charge in [0.25, 0.3) is 0 Å². The van der Waals surface area contributed by atoms with Gasteiger partial charge >= 0.3 is 0 Å². The molecule has 1 N–H and O–H groups in total. The third-order valence-electron chi connectivity index (χ3n) is 3.79. The smallest absolute Gasteiger partial charge is 0.152 e. The van der Waals surface area contributed by atoms with Crippen LogP contribution in [0.2, 0.25) is 0 Å². The van der Waals surface area contributed by atoms with Crippen molar-refractivity contribution in [3.05, 3.63) is 41.0 Å². The van der Waals surface area contributed by atoms with Crippen LogP contribution in [-0.2, 0) is 17.6 Å². The quantitative estimate of drug-likeness (QED) is 0.878. The van der Waals surface area contributed by atoms with Gasteiger partial charge in [-0.05, 0) is 43.0 Å². The summed E-state index contributed by atoms with van der Waals surface area (Å²) in [6, 6.07) is 6.52. The average molecular weight is 257 g/mol. The summed E-state index contributed by atoms with van der Waals surface area (Å²) in [5.41, 5.74) is 3.97. The molecule has 0 bridgehead atoms. The number of fused-ring (bicyclic) bond motifs is 1. The molecule has 1 aliphatic carbocycles. The summed E-state index contributed by atoms with van der Waals surface area (Å²) in [5.74, 6) is 0.366. The molecule has 0 radical (unpaired) electrons. The normalized spacial score (nSPS) is 15.4. The Labute approximate surface area is 115 Å². The first-order valence-corrected chi connectivity index (χ1v) is 7.11. The standard InChI is InChI=1S/C17H23NO/c1-12(2)17(19)16(18-3)11-13-8-9-14-6-4-5-7-15(14)10-13/h5,7-10,12,16,18H,4,6,11H2,1-3H3/t16-/m0/s1. The molecule has 0 saturated heterocycles. The topological polar surface area (TPSA) is 29.1 Å². The highest BCUT2D eigenvalue weighted by molar-refractivity contribution is 5.86. The van der Waals surface area contributed by atoms with E-state index in [2.05, 4.69) is 35.7 Å². The molecule has 1 aliphatic rings. The molecule has 19 heavy (non-hydrogen) atoms. The van der Waals surface area contributed by atoms with Gasteiger partial charge in [0.2, 0.25) is 0 Å². The molecule has 0 fully saturated rings. The summed E-state index contributed by atoms with van der Waals surface area (Å²) in [4.78, 5) is 12.1. The van der Waals surface area contributed by atoms with E-state index >= 15 is 0 Å². The molecule has 1 aromatic rings. The van der Waals surface area contributed by atoms with Gasteiger partial charge in [-0.25, -0.2) is 0 Å². The second kappa shape index (κ2) is 6.16. The number of carbonyl (C=O) groups is 1. The van der Waals surface area contributed by atoms with E-state index in [1.807, 2.05) is 20.9 Å². The molecule has 2 heteroatoms. The number of likely N-dealkylation sites (N-methyl/N-ethyl adjacent to an activating group) is 1. The van der Waals surface area contributed by atoms with Crippen LogP contribution in [0.4, 0.5) is 0 Å². The van der Waals surface area contributed by atoms with Gasteiger partial charge in [-0.15, -0.1) is 0 Å². The minimum atomic E-state index is -0.0781. The molecule has 0 aliphatic heterocycles. The zero-order chi connectivity index (χ0) is 13.8. The maximum Gasteiger partial charge on any atom is 0.152 e. The number of benzene rings is 1. The zero-order valence-electron chi connectivity index (χ0n) is 12.1. The van der Waals surface area contributed by atoms with Gasteiger partial charge in [0.15, 0.2) is 5.78 Å². The molecule has 1 aromatic carbocycles. The van der Waals surface area contributed by atoms with Gasteiger partial charge in [-0.3, -0.25) is 4.79 Å². The second-order valence-electron chi connectivity index (χ2n) is 5.58. The molecule has 2 nitrogen and oxygen atoms in total. The van der Waals surface area contributed by atoms with Crippen molar-refractivity contribution in [1.29, 1.82) is 0 Å². The van der Waals surface area contributed by atoms with Gasteiger partial charge in [-0.2, -0.15) is 0 Å². The van der Waals surface area contributed by atoms with Crippen molar-refractivity contribution in [2.45, 2.75) is 39.2 Å². The minimum Gasteiger partial charge on any atom is -0.310 e.